The van der Waals surface area contributed by atoms with Crippen LogP contribution in [0.15, 0.2) is 72.1 Å². The highest BCUT2D eigenvalue weighted by Gasteiger charge is 2.23. The summed E-state index contributed by atoms with van der Waals surface area (Å²) in [5.41, 5.74) is 15.3. The first-order valence-electron chi connectivity index (χ1n) is 13.1. The zero-order chi connectivity index (χ0) is 26.8. The lowest BCUT2D eigenvalue weighted by Gasteiger charge is -2.20. The lowest BCUT2D eigenvalue weighted by atomic mass is 9.93. The van der Waals surface area contributed by atoms with Crippen LogP contribution >= 0.6 is 11.3 Å². The van der Waals surface area contributed by atoms with Crippen molar-refractivity contribution < 1.29 is 13.9 Å². The first kappa shape index (κ1) is 25.6. The number of rotatable bonds is 8. The Morgan fingerprint density at radius 3 is 2.74 bits per heavy atom. The quantitative estimate of drug-likeness (QED) is 0.218. The maximum absolute atomic E-state index is 14.4. The number of ether oxygens (including phenoxy) is 2. The number of nitrogens with two attached hydrogens (primary N) is 1. The summed E-state index contributed by atoms with van der Waals surface area (Å²) >= 11 is 1.66. The van der Waals surface area contributed by atoms with Crippen molar-refractivity contribution in [3.63, 3.8) is 0 Å². The molecule has 1 aliphatic heterocycles. The van der Waals surface area contributed by atoms with E-state index in [9.17, 15) is 4.39 Å². The molecule has 0 saturated heterocycles. The normalized spacial score (nSPS) is 13.0. The van der Waals surface area contributed by atoms with Gasteiger partial charge in [0.1, 0.15) is 18.2 Å². The first-order valence-corrected chi connectivity index (χ1v) is 14.0. The molecule has 0 atom stereocenters. The summed E-state index contributed by atoms with van der Waals surface area (Å²) in [6, 6.07) is 21.7. The van der Waals surface area contributed by atoms with Crippen molar-refractivity contribution in [3.8, 4) is 39.4 Å². The number of pyridine rings is 1. The van der Waals surface area contributed by atoms with Gasteiger partial charge in [-0.3, -0.25) is 0 Å². The Balaban J connectivity index is 1.62. The Hall–Kier alpha value is -3.62. The van der Waals surface area contributed by atoms with E-state index in [0.717, 1.165) is 68.8 Å². The molecule has 2 aromatic heterocycles. The molecule has 0 amide bonds. The molecule has 5 nitrogen and oxygen atoms in total. The Bertz CT molecular complexity index is 1650. The van der Waals surface area contributed by atoms with Gasteiger partial charge in [0.2, 0.25) is 0 Å². The summed E-state index contributed by atoms with van der Waals surface area (Å²) in [5, 5.41) is 6.61. The van der Waals surface area contributed by atoms with E-state index in [-0.39, 0.29) is 5.82 Å². The predicted molar refractivity (Wildman–Crippen MR) is 157 cm³/mol. The number of nitrogens with one attached hydrogen (secondary N) is 1. The number of halogens is 1. The number of aromatic nitrogens is 1. The SMILES string of the molecule is COCCOc1cc(F)ccc1-c1c(-c2cccc(CN)c2)nc(-c2ccc3c(c2)CCNC3)c2ccsc12. The van der Waals surface area contributed by atoms with Gasteiger partial charge >= 0.3 is 0 Å². The highest BCUT2D eigenvalue weighted by molar-refractivity contribution is 7.18. The van der Waals surface area contributed by atoms with Gasteiger partial charge in [-0.05, 0) is 65.4 Å². The number of thiophene rings is 1. The lowest BCUT2D eigenvalue weighted by Crippen LogP contribution is -2.23. The van der Waals surface area contributed by atoms with Crippen LogP contribution in [0.2, 0.25) is 0 Å². The summed E-state index contributed by atoms with van der Waals surface area (Å²) in [7, 11) is 1.62. The van der Waals surface area contributed by atoms with E-state index in [4.69, 9.17) is 20.2 Å². The molecule has 0 saturated carbocycles. The van der Waals surface area contributed by atoms with Gasteiger partial charge in [-0.15, -0.1) is 11.3 Å². The minimum Gasteiger partial charge on any atom is -0.490 e. The topological polar surface area (TPSA) is 69.4 Å². The highest BCUT2D eigenvalue weighted by atomic mass is 32.1. The lowest BCUT2D eigenvalue weighted by molar-refractivity contribution is 0.146. The van der Waals surface area contributed by atoms with Gasteiger partial charge in [-0.25, -0.2) is 9.37 Å². The standard InChI is InChI=1S/C32H30FN3O2S/c1-37-12-13-38-28-17-25(33)7-8-26(28)29-31(22-4-2-3-20(15-22)18-34)36-30(27-10-14-39-32(27)29)23-5-6-24-19-35-11-9-21(24)16-23/h2-8,10,14-17,35H,9,11-13,18-19,34H2,1H3. The third-order valence-corrected chi connectivity index (χ3v) is 8.10. The molecule has 5 aromatic rings. The van der Waals surface area contributed by atoms with Crippen LogP contribution in [0, 0.1) is 5.82 Å². The summed E-state index contributed by atoms with van der Waals surface area (Å²) in [6.07, 6.45) is 0.997. The molecular weight excluding hydrogens is 509 g/mol. The Labute approximate surface area is 231 Å². The molecule has 6 rings (SSSR count). The predicted octanol–water partition coefficient (Wildman–Crippen LogP) is 6.57. The summed E-state index contributed by atoms with van der Waals surface area (Å²) in [6.45, 7) is 3.01. The van der Waals surface area contributed by atoms with E-state index in [0.29, 0.717) is 25.5 Å². The van der Waals surface area contributed by atoms with Crippen LogP contribution < -0.4 is 15.8 Å². The Morgan fingerprint density at radius 1 is 0.974 bits per heavy atom. The van der Waals surface area contributed by atoms with E-state index in [2.05, 4.69) is 47.1 Å². The van der Waals surface area contributed by atoms with Crippen LogP contribution in [0.1, 0.15) is 16.7 Å². The minimum absolute atomic E-state index is 0.314. The summed E-state index contributed by atoms with van der Waals surface area (Å²) < 4.78 is 26.7. The van der Waals surface area contributed by atoms with Gasteiger partial charge < -0.3 is 20.5 Å². The number of fused-ring (bicyclic) bond motifs is 2. The second kappa shape index (κ2) is 11.2. The summed E-state index contributed by atoms with van der Waals surface area (Å²) in [5.74, 6) is 0.113. The van der Waals surface area contributed by atoms with E-state index in [1.807, 2.05) is 12.1 Å². The smallest absolute Gasteiger partial charge is 0.130 e. The number of hydrogen-bond donors (Lipinski definition) is 2. The van der Waals surface area contributed by atoms with Crippen molar-refractivity contribution in [2.45, 2.75) is 19.5 Å². The van der Waals surface area contributed by atoms with Crippen LogP contribution in [0.4, 0.5) is 4.39 Å². The molecule has 3 N–H and O–H groups in total. The zero-order valence-corrected chi connectivity index (χ0v) is 22.6. The van der Waals surface area contributed by atoms with E-state index < -0.39 is 0 Å². The van der Waals surface area contributed by atoms with E-state index in [1.54, 1.807) is 24.5 Å². The number of nitrogens with zero attached hydrogens (tertiary/aromatic N) is 1. The van der Waals surface area contributed by atoms with Gasteiger partial charge in [0.15, 0.2) is 0 Å². The highest BCUT2D eigenvalue weighted by Crippen LogP contribution is 2.46. The molecule has 0 bridgehead atoms. The number of hydrogen-bond acceptors (Lipinski definition) is 6. The molecule has 0 radical (unpaired) electrons. The zero-order valence-electron chi connectivity index (χ0n) is 21.8. The second-order valence-corrected chi connectivity index (χ2v) is 10.6. The second-order valence-electron chi connectivity index (χ2n) is 9.64. The third kappa shape index (κ3) is 5.06. The van der Waals surface area contributed by atoms with Crippen molar-refractivity contribution in [1.29, 1.82) is 0 Å². The fourth-order valence-electron chi connectivity index (χ4n) is 5.23. The molecule has 3 aromatic carbocycles. The molecule has 7 heteroatoms. The van der Waals surface area contributed by atoms with Gasteiger partial charge in [-0.1, -0.05) is 30.3 Å². The van der Waals surface area contributed by atoms with Crippen molar-refractivity contribution in [2.24, 2.45) is 5.73 Å². The molecule has 0 aliphatic carbocycles. The van der Waals surface area contributed by atoms with Crippen molar-refractivity contribution >= 4 is 21.4 Å². The Kier molecular flexibility index (Phi) is 7.39. The molecule has 198 valence electrons. The molecule has 0 unspecified atom stereocenters. The molecule has 1 aliphatic rings. The van der Waals surface area contributed by atoms with Gasteiger partial charge in [0.25, 0.3) is 0 Å². The Morgan fingerprint density at radius 2 is 1.87 bits per heavy atom. The fourth-order valence-corrected chi connectivity index (χ4v) is 6.19. The number of methoxy groups -OCH3 is 1. The number of benzene rings is 3. The molecule has 3 heterocycles. The average molecular weight is 540 g/mol. The van der Waals surface area contributed by atoms with Gasteiger partial charge in [0, 0.05) is 58.6 Å². The maximum Gasteiger partial charge on any atom is 0.130 e. The molecule has 39 heavy (non-hydrogen) atoms. The van der Waals surface area contributed by atoms with E-state index >= 15 is 0 Å². The van der Waals surface area contributed by atoms with Gasteiger partial charge in [-0.2, -0.15) is 0 Å². The van der Waals surface area contributed by atoms with Crippen LogP contribution in [0.3, 0.4) is 0 Å². The van der Waals surface area contributed by atoms with Crippen molar-refractivity contribution in [1.82, 2.24) is 10.3 Å². The summed E-state index contributed by atoms with van der Waals surface area (Å²) in [4.78, 5) is 5.35. The van der Waals surface area contributed by atoms with Crippen molar-refractivity contribution in [2.75, 3.05) is 26.9 Å². The minimum atomic E-state index is -0.353. The molecular formula is C32H30FN3O2S. The first-order chi connectivity index (χ1) is 19.2. The monoisotopic (exact) mass is 539 g/mol. The van der Waals surface area contributed by atoms with Crippen molar-refractivity contribution in [3.05, 3.63) is 94.6 Å². The third-order valence-electron chi connectivity index (χ3n) is 7.17. The fraction of sp³-hybridized carbons (Fsp3) is 0.219. The van der Waals surface area contributed by atoms with E-state index in [1.165, 1.54) is 23.3 Å². The van der Waals surface area contributed by atoms with Gasteiger partial charge in [0.05, 0.1) is 18.0 Å². The largest absolute Gasteiger partial charge is 0.490 e. The van der Waals surface area contributed by atoms with Crippen LogP contribution in [-0.2, 0) is 24.2 Å². The average Bonchev–Trinajstić information content (AvgIpc) is 3.47. The van der Waals surface area contributed by atoms with Crippen LogP contribution in [0.5, 0.6) is 5.75 Å². The van der Waals surface area contributed by atoms with Crippen LogP contribution in [0.25, 0.3) is 43.7 Å². The molecule has 0 fully saturated rings. The maximum atomic E-state index is 14.4. The molecule has 0 spiro atoms. The van der Waals surface area contributed by atoms with Crippen LogP contribution in [-0.4, -0.2) is 31.9 Å².